The summed E-state index contributed by atoms with van der Waals surface area (Å²) in [6, 6.07) is 0. The molecular weight excluding hydrogens is 268 g/mol. The van der Waals surface area contributed by atoms with Crippen LogP contribution in [0.15, 0.2) is 0 Å². The zero-order valence-electron chi connectivity index (χ0n) is 12.1. The fourth-order valence-electron chi connectivity index (χ4n) is 1.11. The Hall–Kier alpha value is -1.38. The second-order valence-corrected chi connectivity index (χ2v) is 3.71. The molecular formula is C12H24N2O6. The van der Waals surface area contributed by atoms with E-state index >= 15 is 0 Å². The second kappa shape index (κ2) is 14.0. The predicted molar refractivity (Wildman–Crippen MR) is 71.5 cm³/mol. The van der Waals surface area contributed by atoms with Crippen LogP contribution in [-0.4, -0.2) is 71.8 Å². The lowest BCUT2D eigenvalue weighted by molar-refractivity contribution is -0.119. The Morgan fingerprint density at radius 2 is 1.35 bits per heavy atom. The van der Waals surface area contributed by atoms with E-state index in [4.69, 9.17) is 18.9 Å². The Labute approximate surface area is 119 Å². The average Bonchev–Trinajstić information content (AvgIpc) is 2.43. The van der Waals surface area contributed by atoms with E-state index in [0.29, 0.717) is 46.2 Å². The number of amides is 2. The third-order valence-corrected chi connectivity index (χ3v) is 2.03. The fraction of sp³-hybridized carbons (Fsp3) is 0.833. The fourth-order valence-corrected chi connectivity index (χ4v) is 1.11. The molecule has 2 N–H and O–H groups in total. The van der Waals surface area contributed by atoms with Gasteiger partial charge in [-0.2, -0.15) is 0 Å². The smallest absolute Gasteiger partial charge is 0.406 e. The van der Waals surface area contributed by atoms with Crippen molar-refractivity contribution in [2.75, 3.05) is 59.8 Å². The summed E-state index contributed by atoms with van der Waals surface area (Å²) in [6.45, 7) is 4.81. The number of alkyl carbamates (subject to hydrolysis) is 1. The van der Waals surface area contributed by atoms with Crippen LogP contribution in [0.1, 0.15) is 6.92 Å². The van der Waals surface area contributed by atoms with Crippen LogP contribution in [-0.2, 0) is 23.7 Å². The molecule has 2 amide bonds. The molecule has 8 heteroatoms. The molecule has 20 heavy (non-hydrogen) atoms. The van der Waals surface area contributed by atoms with Crippen molar-refractivity contribution in [1.82, 2.24) is 10.6 Å². The van der Waals surface area contributed by atoms with E-state index in [9.17, 15) is 9.59 Å². The Bertz CT molecular complexity index is 262. The third-order valence-electron chi connectivity index (χ3n) is 2.03. The van der Waals surface area contributed by atoms with Gasteiger partial charge in [-0.3, -0.25) is 4.79 Å². The number of ether oxygens (including phenoxy) is 4. The van der Waals surface area contributed by atoms with Crippen LogP contribution in [0.25, 0.3) is 0 Å². The van der Waals surface area contributed by atoms with Gasteiger partial charge in [0, 0.05) is 20.5 Å². The van der Waals surface area contributed by atoms with Crippen molar-refractivity contribution in [3.05, 3.63) is 0 Å². The highest BCUT2D eigenvalue weighted by Gasteiger charge is 1.96. The summed E-state index contributed by atoms with van der Waals surface area (Å²) in [5.74, 6) is -0.0672. The van der Waals surface area contributed by atoms with Gasteiger partial charge in [0.05, 0.1) is 39.6 Å². The summed E-state index contributed by atoms with van der Waals surface area (Å²) in [7, 11) is 1.50. The molecule has 0 aromatic rings. The summed E-state index contributed by atoms with van der Waals surface area (Å²) in [6.07, 6.45) is -0.471. The van der Waals surface area contributed by atoms with E-state index in [1.807, 2.05) is 0 Å². The summed E-state index contributed by atoms with van der Waals surface area (Å²) in [5.41, 5.74) is 0. The van der Waals surface area contributed by atoms with Gasteiger partial charge < -0.3 is 29.6 Å². The first kappa shape index (κ1) is 18.6. The SMILES string of the molecule is CNC(=O)OCCOCCOCCOCCNC(C)=O. The number of hydrogen-bond donors (Lipinski definition) is 2. The van der Waals surface area contributed by atoms with Crippen LogP contribution in [0.4, 0.5) is 4.79 Å². The van der Waals surface area contributed by atoms with E-state index in [-0.39, 0.29) is 12.5 Å². The van der Waals surface area contributed by atoms with Crippen molar-refractivity contribution in [3.8, 4) is 0 Å². The van der Waals surface area contributed by atoms with Crippen molar-refractivity contribution >= 4 is 12.0 Å². The van der Waals surface area contributed by atoms with Crippen molar-refractivity contribution in [2.24, 2.45) is 0 Å². The topological polar surface area (TPSA) is 95.1 Å². The van der Waals surface area contributed by atoms with Crippen LogP contribution in [0, 0.1) is 0 Å². The Balaban J connectivity index is 3.03. The molecule has 0 radical (unpaired) electrons. The minimum Gasteiger partial charge on any atom is -0.447 e. The Morgan fingerprint density at radius 3 is 1.85 bits per heavy atom. The van der Waals surface area contributed by atoms with Crippen LogP contribution in [0.5, 0.6) is 0 Å². The van der Waals surface area contributed by atoms with Crippen LogP contribution < -0.4 is 10.6 Å². The second-order valence-electron chi connectivity index (χ2n) is 3.71. The van der Waals surface area contributed by atoms with Crippen LogP contribution >= 0.6 is 0 Å². The molecule has 0 atom stereocenters. The highest BCUT2D eigenvalue weighted by Crippen LogP contribution is 1.83. The quantitative estimate of drug-likeness (QED) is 0.472. The predicted octanol–water partition coefficient (Wildman–Crippen LogP) is -0.472. The van der Waals surface area contributed by atoms with Gasteiger partial charge >= 0.3 is 6.09 Å². The zero-order valence-corrected chi connectivity index (χ0v) is 12.1. The number of rotatable bonds is 12. The maximum absolute atomic E-state index is 10.7. The molecule has 0 aliphatic rings. The molecule has 0 heterocycles. The normalized spacial score (nSPS) is 10.1. The molecule has 0 saturated carbocycles. The van der Waals surface area contributed by atoms with Gasteiger partial charge in [0.15, 0.2) is 0 Å². The highest BCUT2D eigenvalue weighted by atomic mass is 16.6. The van der Waals surface area contributed by atoms with Crippen molar-refractivity contribution in [1.29, 1.82) is 0 Å². The molecule has 0 unspecified atom stereocenters. The molecule has 0 saturated heterocycles. The van der Waals surface area contributed by atoms with Crippen molar-refractivity contribution in [3.63, 3.8) is 0 Å². The van der Waals surface area contributed by atoms with Gasteiger partial charge in [0.25, 0.3) is 0 Å². The van der Waals surface area contributed by atoms with Gasteiger partial charge in [0.1, 0.15) is 6.61 Å². The standard InChI is InChI=1S/C12H24N2O6/c1-11(15)14-3-4-17-5-6-18-7-8-19-9-10-20-12(16)13-2/h3-10H2,1-2H3,(H,13,16)(H,14,15). The summed E-state index contributed by atoms with van der Waals surface area (Å²) < 4.78 is 20.4. The molecule has 0 aromatic heterocycles. The van der Waals surface area contributed by atoms with Gasteiger partial charge in [-0.1, -0.05) is 0 Å². The number of hydrogen-bond acceptors (Lipinski definition) is 6. The summed E-state index contributed by atoms with van der Waals surface area (Å²) in [5, 5.41) is 4.96. The molecule has 8 nitrogen and oxygen atoms in total. The van der Waals surface area contributed by atoms with Crippen molar-refractivity contribution < 1.29 is 28.5 Å². The van der Waals surface area contributed by atoms with Crippen LogP contribution in [0.2, 0.25) is 0 Å². The van der Waals surface area contributed by atoms with E-state index in [1.54, 1.807) is 0 Å². The van der Waals surface area contributed by atoms with E-state index in [0.717, 1.165) is 0 Å². The van der Waals surface area contributed by atoms with Gasteiger partial charge in [-0.05, 0) is 0 Å². The maximum atomic E-state index is 10.7. The Morgan fingerprint density at radius 1 is 0.850 bits per heavy atom. The van der Waals surface area contributed by atoms with Crippen molar-refractivity contribution in [2.45, 2.75) is 6.92 Å². The molecule has 0 rings (SSSR count). The zero-order chi connectivity index (χ0) is 15.1. The number of carbonyl (C=O) groups excluding carboxylic acids is 2. The minimum absolute atomic E-state index is 0.0672. The van der Waals surface area contributed by atoms with Gasteiger partial charge in [0.2, 0.25) is 5.91 Å². The third kappa shape index (κ3) is 14.7. The first-order chi connectivity index (χ1) is 9.66. The highest BCUT2D eigenvalue weighted by molar-refractivity contribution is 5.72. The maximum Gasteiger partial charge on any atom is 0.406 e. The summed E-state index contributed by atoms with van der Waals surface area (Å²) in [4.78, 5) is 21.2. The first-order valence-corrected chi connectivity index (χ1v) is 6.49. The van der Waals surface area contributed by atoms with E-state index < -0.39 is 6.09 Å². The van der Waals surface area contributed by atoms with Crippen LogP contribution in [0.3, 0.4) is 0 Å². The molecule has 0 spiro atoms. The van der Waals surface area contributed by atoms with E-state index in [2.05, 4.69) is 10.6 Å². The average molecular weight is 292 g/mol. The Kier molecular flexibility index (Phi) is 13.1. The number of carbonyl (C=O) groups is 2. The number of nitrogens with one attached hydrogen (secondary N) is 2. The molecule has 0 aliphatic heterocycles. The van der Waals surface area contributed by atoms with E-state index in [1.165, 1.54) is 14.0 Å². The first-order valence-electron chi connectivity index (χ1n) is 6.49. The molecule has 0 bridgehead atoms. The largest absolute Gasteiger partial charge is 0.447 e. The lowest BCUT2D eigenvalue weighted by atomic mass is 10.6. The lowest BCUT2D eigenvalue weighted by Crippen LogP contribution is -2.25. The minimum atomic E-state index is -0.471. The lowest BCUT2D eigenvalue weighted by Gasteiger charge is -2.07. The molecule has 0 fully saturated rings. The molecule has 0 aliphatic carbocycles. The van der Waals surface area contributed by atoms with Gasteiger partial charge in [-0.25, -0.2) is 4.79 Å². The molecule has 118 valence electrons. The molecule has 0 aromatic carbocycles. The monoisotopic (exact) mass is 292 g/mol. The van der Waals surface area contributed by atoms with Gasteiger partial charge in [-0.15, -0.1) is 0 Å². The summed E-state index contributed by atoms with van der Waals surface area (Å²) >= 11 is 0.